The predicted molar refractivity (Wildman–Crippen MR) is 249 cm³/mol. The van der Waals surface area contributed by atoms with Crippen molar-refractivity contribution >= 4 is 53.1 Å². The van der Waals surface area contributed by atoms with E-state index >= 15 is 0 Å². The van der Waals surface area contributed by atoms with Crippen LogP contribution >= 0.6 is 11.3 Å². The SMILES string of the molecule is CC1(c2ccccc2)c2ccccc2-c2c(-c3cc(-c4cccc(-c5cc6ccccc6c6c5sc5cc7ccccc7cc56)c4)nc(-c4ccccc4)n3)cccc21. The summed E-state index contributed by atoms with van der Waals surface area (Å²) >= 11 is 1.89. The summed E-state index contributed by atoms with van der Waals surface area (Å²) in [6.45, 7) is 2.37. The van der Waals surface area contributed by atoms with E-state index in [9.17, 15) is 0 Å². The van der Waals surface area contributed by atoms with Gasteiger partial charge >= 0.3 is 0 Å². The highest BCUT2D eigenvalue weighted by molar-refractivity contribution is 7.26. The number of hydrogen-bond acceptors (Lipinski definition) is 3. The lowest BCUT2D eigenvalue weighted by atomic mass is 9.74. The van der Waals surface area contributed by atoms with Crippen molar-refractivity contribution in [2.75, 3.05) is 0 Å². The van der Waals surface area contributed by atoms with Crippen LogP contribution in [0.5, 0.6) is 0 Å². The smallest absolute Gasteiger partial charge is 0.160 e. The maximum absolute atomic E-state index is 5.36. The zero-order chi connectivity index (χ0) is 39.1. The van der Waals surface area contributed by atoms with Crippen LogP contribution in [0.4, 0.5) is 0 Å². The van der Waals surface area contributed by atoms with E-state index in [2.05, 4.69) is 201 Å². The third-order valence-corrected chi connectivity index (χ3v) is 13.7. The molecular weight excluding hydrogens is 733 g/mol. The van der Waals surface area contributed by atoms with Gasteiger partial charge in [-0.15, -0.1) is 11.3 Å². The third-order valence-electron chi connectivity index (χ3n) is 12.5. The summed E-state index contributed by atoms with van der Waals surface area (Å²) < 4.78 is 2.61. The molecule has 11 aromatic rings. The summed E-state index contributed by atoms with van der Waals surface area (Å²) in [5.41, 5.74) is 13.4. The Bertz CT molecular complexity index is 3460. The molecule has 0 fully saturated rings. The summed E-state index contributed by atoms with van der Waals surface area (Å²) in [5.74, 6) is 0.711. The van der Waals surface area contributed by atoms with E-state index in [4.69, 9.17) is 9.97 Å². The molecule has 0 amide bonds. The van der Waals surface area contributed by atoms with Gasteiger partial charge < -0.3 is 0 Å². The molecule has 3 heteroatoms. The quantitative estimate of drug-likeness (QED) is 0.174. The number of fused-ring (bicyclic) bond motifs is 9. The molecule has 0 N–H and O–H groups in total. The van der Waals surface area contributed by atoms with Crippen LogP contribution in [0.1, 0.15) is 23.6 Å². The van der Waals surface area contributed by atoms with E-state index in [-0.39, 0.29) is 5.41 Å². The van der Waals surface area contributed by atoms with Crippen molar-refractivity contribution < 1.29 is 0 Å². The molecule has 1 unspecified atom stereocenters. The molecule has 2 nitrogen and oxygen atoms in total. The molecule has 1 aliphatic carbocycles. The second kappa shape index (κ2) is 13.2. The molecule has 0 bridgehead atoms. The van der Waals surface area contributed by atoms with Gasteiger partial charge in [0.05, 0.1) is 11.4 Å². The van der Waals surface area contributed by atoms with Crippen molar-refractivity contribution in [2.45, 2.75) is 12.3 Å². The molecule has 1 aliphatic rings. The molecule has 0 saturated heterocycles. The highest BCUT2D eigenvalue weighted by Gasteiger charge is 2.41. The number of aromatic nitrogens is 2. The molecule has 0 saturated carbocycles. The van der Waals surface area contributed by atoms with E-state index < -0.39 is 0 Å². The molecule has 2 aromatic heterocycles. The number of benzene rings is 9. The Labute approximate surface area is 346 Å². The van der Waals surface area contributed by atoms with Gasteiger partial charge in [0.2, 0.25) is 0 Å². The van der Waals surface area contributed by atoms with Gasteiger partial charge in [-0.1, -0.05) is 170 Å². The molecule has 0 spiro atoms. The van der Waals surface area contributed by atoms with Gasteiger partial charge in [-0.2, -0.15) is 0 Å². The van der Waals surface area contributed by atoms with Crippen molar-refractivity contribution in [2.24, 2.45) is 0 Å². The van der Waals surface area contributed by atoms with Crippen LogP contribution in [-0.4, -0.2) is 9.97 Å². The molecule has 12 rings (SSSR count). The second-order valence-electron chi connectivity index (χ2n) is 15.8. The van der Waals surface area contributed by atoms with Gasteiger partial charge in [0.15, 0.2) is 5.82 Å². The van der Waals surface area contributed by atoms with Crippen molar-refractivity contribution in [3.8, 4) is 56.2 Å². The Kier molecular flexibility index (Phi) is 7.57. The van der Waals surface area contributed by atoms with Crippen molar-refractivity contribution in [1.82, 2.24) is 9.97 Å². The Morgan fingerprint density at radius 3 is 1.90 bits per heavy atom. The van der Waals surface area contributed by atoms with E-state index in [1.165, 1.54) is 80.7 Å². The second-order valence-corrected chi connectivity index (χ2v) is 16.9. The summed E-state index contributed by atoms with van der Waals surface area (Å²) in [7, 11) is 0. The van der Waals surface area contributed by atoms with Crippen LogP contribution in [0.15, 0.2) is 200 Å². The lowest BCUT2D eigenvalue weighted by molar-refractivity contribution is 0.714. The molecule has 59 heavy (non-hydrogen) atoms. The van der Waals surface area contributed by atoms with Gasteiger partial charge in [-0.05, 0) is 92.2 Å². The van der Waals surface area contributed by atoms with Crippen molar-refractivity contribution in [1.29, 1.82) is 0 Å². The highest BCUT2D eigenvalue weighted by Crippen LogP contribution is 2.55. The Balaban J connectivity index is 1.07. The molecular formula is C56H36N2S. The molecule has 276 valence electrons. The van der Waals surface area contributed by atoms with Crippen molar-refractivity contribution in [3.05, 3.63) is 217 Å². The maximum Gasteiger partial charge on any atom is 0.160 e. The van der Waals surface area contributed by atoms with Gasteiger partial charge in [-0.3, -0.25) is 0 Å². The van der Waals surface area contributed by atoms with Crippen LogP contribution in [0.25, 0.3) is 97.9 Å². The fourth-order valence-electron chi connectivity index (χ4n) is 9.66. The Morgan fingerprint density at radius 2 is 1.05 bits per heavy atom. The normalized spacial score (nSPS) is 14.6. The largest absolute Gasteiger partial charge is 0.228 e. The predicted octanol–water partition coefficient (Wildman–Crippen LogP) is 15.2. The van der Waals surface area contributed by atoms with Gasteiger partial charge in [0.25, 0.3) is 0 Å². The standard InChI is InChI=1S/C56H36N2S/c1-56(41-23-6-3-7-24-41)47-28-13-12-26-43(47)52-44(27-15-29-48(52)56)50-34-49(57-55(58-50)35-16-4-2-5-17-35)40-22-14-21-38(30-40)45-32-39-20-10-11-25-42(39)53-46-31-36-18-8-9-19-37(36)33-51(46)59-54(45)53/h2-34H,1H3. The molecule has 9 aromatic carbocycles. The number of thiophene rings is 1. The molecule has 2 heterocycles. The monoisotopic (exact) mass is 768 g/mol. The highest BCUT2D eigenvalue weighted by atomic mass is 32.1. The lowest BCUT2D eigenvalue weighted by Crippen LogP contribution is -2.22. The number of hydrogen-bond donors (Lipinski definition) is 0. The van der Waals surface area contributed by atoms with E-state index in [1.807, 2.05) is 17.4 Å². The van der Waals surface area contributed by atoms with E-state index in [0.717, 1.165) is 28.1 Å². The Morgan fingerprint density at radius 1 is 0.424 bits per heavy atom. The fourth-order valence-corrected chi connectivity index (χ4v) is 10.9. The average Bonchev–Trinajstić information content (AvgIpc) is 3.81. The first-order valence-electron chi connectivity index (χ1n) is 20.2. The molecule has 0 aliphatic heterocycles. The third kappa shape index (κ3) is 5.25. The van der Waals surface area contributed by atoms with Crippen LogP contribution in [0, 0.1) is 0 Å². The van der Waals surface area contributed by atoms with Gasteiger partial charge in [0, 0.05) is 47.8 Å². The number of rotatable bonds is 5. The first-order valence-corrected chi connectivity index (χ1v) is 21.0. The van der Waals surface area contributed by atoms with Gasteiger partial charge in [0.1, 0.15) is 0 Å². The van der Waals surface area contributed by atoms with Crippen molar-refractivity contribution in [3.63, 3.8) is 0 Å². The lowest BCUT2D eigenvalue weighted by Gasteiger charge is -2.28. The van der Waals surface area contributed by atoms with Crippen LogP contribution in [-0.2, 0) is 5.41 Å². The minimum absolute atomic E-state index is 0.305. The van der Waals surface area contributed by atoms with E-state index in [0.29, 0.717) is 5.82 Å². The van der Waals surface area contributed by atoms with Crippen LogP contribution < -0.4 is 0 Å². The topological polar surface area (TPSA) is 25.8 Å². The molecule has 1 atom stereocenters. The maximum atomic E-state index is 5.36. The first kappa shape index (κ1) is 33.9. The summed E-state index contributed by atoms with van der Waals surface area (Å²) in [6, 6.07) is 72.7. The summed E-state index contributed by atoms with van der Waals surface area (Å²) in [6.07, 6.45) is 0. The van der Waals surface area contributed by atoms with Gasteiger partial charge in [-0.25, -0.2) is 9.97 Å². The minimum atomic E-state index is -0.305. The number of nitrogens with zero attached hydrogens (tertiary/aromatic N) is 2. The summed E-state index contributed by atoms with van der Waals surface area (Å²) in [5, 5.41) is 7.70. The molecule has 0 radical (unpaired) electrons. The Hall–Kier alpha value is -7.20. The van der Waals surface area contributed by atoms with Crippen LogP contribution in [0.3, 0.4) is 0 Å². The first-order chi connectivity index (χ1) is 29.1. The minimum Gasteiger partial charge on any atom is -0.228 e. The van der Waals surface area contributed by atoms with E-state index in [1.54, 1.807) is 0 Å². The fraction of sp³-hybridized carbons (Fsp3) is 0.0357. The average molecular weight is 769 g/mol. The van der Waals surface area contributed by atoms with Crippen LogP contribution in [0.2, 0.25) is 0 Å². The zero-order valence-corrected chi connectivity index (χ0v) is 33.2. The summed E-state index contributed by atoms with van der Waals surface area (Å²) in [4.78, 5) is 10.7. The zero-order valence-electron chi connectivity index (χ0n) is 32.4.